The fourth-order valence-corrected chi connectivity index (χ4v) is 2.58. The van der Waals surface area contributed by atoms with E-state index >= 15 is 0 Å². The average molecular weight is 262 g/mol. The van der Waals surface area contributed by atoms with Crippen LogP contribution in [0.1, 0.15) is 18.9 Å². The van der Waals surface area contributed by atoms with Crippen molar-refractivity contribution in [2.24, 2.45) is 5.92 Å². The number of carboxylic acid groups (broad SMARTS) is 1. The molecule has 2 unspecified atom stereocenters. The fraction of sp³-hybridized carbons (Fsp3) is 0.429. The van der Waals surface area contributed by atoms with E-state index in [2.05, 4.69) is 0 Å². The number of nitrogens with zero attached hydrogens (tertiary/aromatic N) is 1. The standard InChI is InChI=1S/C14H18N2O3/c1-9-5-6-16(13(9)14(18)19)12(17)8-10-3-2-4-11(15)7-10/h2-4,7,9,13H,5-6,8,15H2,1H3,(H,18,19). The van der Waals surface area contributed by atoms with E-state index in [1.54, 1.807) is 18.2 Å². The molecule has 3 N–H and O–H groups in total. The van der Waals surface area contributed by atoms with Gasteiger partial charge in [0.1, 0.15) is 6.04 Å². The quantitative estimate of drug-likeness (QED) is 0.800. The molecule has 5 nitrogen and oxygen atoms in total. The maximum Gasteiger partial charge on any atom is 0.326 e. The summed E-state index contributed by atoms with van der Waals surface area (Å²) in [6, 6.07) is 6.41. The van der Waals surface area contributed by atoms with Crippen molar-refractivity contribution in [2.75, 3.05) is 12.3 Å². The van der Waals surface area contributed by atoms with E-state index in [1.165, 1.54) is 4.90 Å². The molecule has 2 atom stereocenters. The maximum atomic E-state index is 12.2. The zero-order valence-corrected chi connectivity index (χ0v) is 10.9. The summed E-state index contributed by atoms with van der Waals surface area (Å²) in [5.41, 5.74) is 7.09. The Balaban J connectivity index is 2.10. The highest BCUT2D eigenvalue weighted by Gasteiger charge is 2.39. The average Bonchev–Trinajstić information content (AvgIpc) is 2.71. The van der Waals surface area contributed by atoms with Gasteiger partial charge in [-0.2, -0.15) is 0 Å². The molecule has 2 rings (SSSR count). The van der Waals surface area contributed by atoms with Gasteiger partial charge in [0.05, 0.1) is 6.42 Å². The van der Waals surface area contributed by atoms with Crippen molar-refractivity contribution in [2.45, 2.75) is 25.8 Å². The van der Waals surface area contributed by atoms with Crippen LogP contribution in [-0.4, -0.2) is 34.5 Å². The number of amides is 1. The third-order valence-electron chi connectivity index (χ3n) is 3.58. The smallest absolute Gasteiger partial charge is 0.326 e. The number of carbonyl (C=O) groups excluding carboxylic acids is 1. The molecule has 1 aromatic carbocycles. The van der Waals surface area contributed by atoms with Crippen LogP contribution in [0, 0.1) is 5.92 Å². The van der Waals surface area contributed by atoms with Gasteiger partial charge >= 0.3 is 5.97 Å². The summed E-state index contributed by atoms with van der Waals surface area (Å²) in [5.74, 6) is -1.07. The molecule has 102 valence electrons. The third kappa shape index (κ3) is 2.86. The van der Waals surface area contributed by atoms with Gasteiger partial charge in [0.25, 0.3) is 0 Å². The Morgan fingerprint density at radius 2 is 2.21 bits per heavy atom. The minimum atomic E-state index is -0.925. The van der Waals surface area contributed by atoms with Crippen molar-refractivity contribution in [3.05, 3.63) is 29.8 Å². The van der Waals surface area contributed by atoms with Crippen LogP contribution in [-0.2, 0) is 16.0 Å². The molecule has 0 aromatic heterocycles. The number of carbonyl (C=O) groups is 2. The molecule has 0 aliphatic carbocycles. The van der Waals surface area contributed by atoms with Crippen LogP contribution >= 0.6 is 0 Å². The van der Waals surface area contributed by atoms with E-state index in [4.69, 9.17) is 5.73 Å². The highest BCUT2D eigenvalue weighted by Crippen LogP contribution is 2.25. The predicted octanol–water partition coefficient (Wildman–Crippen LogP) is 1.13. The van der Waals surface area contributed by atoms with E-state index in [0.717, 1.165) is 12.0 Å². The molecule has 1 fully saturated rings. The molecule has 1 aliphatic heterocycles. The van der Waals surface area contributed by atoms with E-state index in [1.807, 2.05) is 13.0 Å². The van der Waals surface area contributed by atoms with Crippen molar-refractivity contribution < 1.29 is 14.7 Å². The van der Waals surface area contributed by atoms with Gasteiger partial charge in [0.15, 0.2) is 0 Å². The SMILES string of the molecule is CC1CCN(C(=O)Cc2cccc(N)c2)C1C(=O)O. The number of hydrogen-bond donors (Lipinski definition) is 2. The predicted molar refractivity (Wildman–Crippen MR) is 71.5 cm³/mol. The third-order valence-corrected chi connectivity index (χ3v) is 3.58. The summed E-state index contributed by atoms with van der Waals surface area (Å²) < 4.78 is 0. The Morgan fingerprint density at radius 3 is 2.84 bits per heavy atom. The normalized spacial score (nSPS) is 22.5. The van der Waals surface area contributed by atoms with Crippen molar-refractivity contribution in [1.29, 1.82) is 0 Å². The zero-order chi connectivity index (χ0) is 14.0. The molecule has 0 spiro atoms. The molecule has 0 radical (unpaired) electrons. The molecule has 1 saturated heterocycles. The number of rotatable bonds is 3. The topological polar surface area (TPSA) is 83.6 Å². The minimum absolute atomic E-state index is 0.00212. The van der Waals surface area contributed by atoms with Gasteiger partial charge in [-0.15, -0.1) is 0 Å². The highest BCUT2D eigenvalue weighted by atomic mass is 16.4. The van der Waals surface area contributed by atoms with Gasteiger partial charge in [0.2, 0.25) is 5.91 Å². The lowest BCUT2D eigenvalue weighted by atomic mass is 10.0. The second-order valence-corrected chi connectivity index (χ2v) is 5.06. The Hall–Kier alpha value is -2.04. The summed E-state index contributed by atoms with van der Waals surface area (Å²) >= 11 is 0. The van der Waals surface area contributed by atoms with Crippen molar-refractivity contribution in [3.8, 4) is 0 Å². The van der Waals surface area contributed by atoms with Crippen LogP contribution < -0.4 is 5.73 Å². The minimum Gasteiger partial charge on any atom is -0.480 e. The van der Waals surface area contributed by atoms with Crippen molar-refractivity contribution >= 4 is 17.6 Å². The number of nitrogen functional groups attached to an aromatic ring is 1. The van der Waals surface area contributed by atoms with Crippen LogP contribution in [0.25, 0.3) is 0 Å². The van der Waals surface area contributed by atoms with Crippen molar-refractivity contribution in [1.82, 2.24) is 4.90 Å². The molecule has 1 heterocycles. The van der Waals surface area contributed by atoms with Crippen LogP contribution in [0.4, 0.5) is 5.69 Å². The molecular formula is C14H18N2O3. The number of carboxylic acids is 1. The van der Waals surface area contributed by atoms with Gasteiger partial charge in [0, 0.05) is 12.2 Å². The molecule has 1 aliphatic rings. The first-order valence-electron chi connectivity index (χ1n) is 6.35. The number of benzene rings is 1. The summed E-state index contributed by atoms with van der Waals surface area (Å²) in [4.78, 5) is 24.9. The van der Waals surface area contributed by atoms with Crippen LogP contribution in [0.3, 0.4) is 0 Å². The molecule has 1 amide bonds. The summed E-state index contributed by atoms with van der Waals surface area (Å²) in [5, 5.41) is 9.20. The number of aliphatic carboxylic acids is 1. The second-order valence-electron chi connectivity index (χ2n) is 5.06. The lowest BCUT2D eigenvalue weighted by molar-refractivity contribution is -0.149. The monoisotopic (exact) mass is 262 g/mol. The van der Waals surface area contributed by atoms with Crippen LogP contribution in [0.5, 0.6) is 0 Å². The maximum absolute atomic E-state index is 12.2. The van der Waals surface area contributed by atoms with Gasteiger partial charge in [-0.1, -0.05) is 19.1 Å². The summed E-state index contributed by atoms with van der Waals surface area (Å²) in [7, 11) is 0. The fourth-order valence-electron chi connectivity index (χ4n) is 2.58. The van der Waals surface area contributed by atoms with E-state index in [0.29, 0.717) is 12.2 Å². The van der Waals surface area contributed by atoms with E-state index < -0.39 is 12.0 Å². The number of hydrogen-bond acceptors (Lipinski definition) is 3. The lowest BCUT2D eigenvalue weighted by Crippen LogP contribution is -2.43. The number of anilines is 1. The zero-order valence-electron chi connectivity index (χ0n) is 10.9. The lowest BCUT2D eigenvalue weighted by Gasteiger charge is -2.23. The molecular weight excluding hydrogens is 244 g/mol. The van der Waals surface area contributed by atoms with Crippen LogP contribution in [0.15, 0.2) is 24.3 Å². The van der Waals surface area contributed by atoms with Crippen molar-refractivity contribution in [3.63, 3.8) is 0 Å². The van der Waals surface area contributed by atoms with E-state index in [-0.39, 0.29) is 18.2 Å². The van der Waals surface area contributed by atoms with Gasteiger partial charge < -0.3 is 15.7 Å². The first-order valence-corrected chi connectivity index (χ1v) is 6.35. The Bertz CT molecular complexity index is 501. The number of likely N-dealkylation sites (tertiary alicyclic amines) is 1. The summed E-state index contributed by atoms with van der Waals surface area (Å²) in [6.07, 6.45) is 0.932. The Kier molecular flexibility index (Phi) is 3.74. The number of nitrogens with two attached hydrogens (primary N) is 1. The van der Waals surface area contributed by atoms with Gasteiger partial charge in [-0.05, 0) is 30.0 Å². The van der Waals surface area contributed by atoms with E-state index in [9.17, 15) is 14.7 Å². The van der Waals surface area contributed by atoms with Gasteiger partial charge in [-0.3, -0.25) is 4.79 Å². The molecule has 1 aromatic rings. The second kappa shape index (κ2) is 5.30. The summed E-state index contributed by atoms with van der Waals surface area (Å²) in [6.45, 7) is 2.38. The Labute approximate surface area is 112 Å². The molecule has 19 heavy (non-hydrogen) atoms. The molecule has 5 heteroatoms. The highest BCUT2D eigenvalue weighted by molar-refractivity contribution is 5.86. The first kappa shape index (κ1) is 13.4. The largest absolute Gasteiger partial charge is 0.480 e. The first-order chi connectivity index (χ1) is 8.99. The molecule has 0 saturated carbocycles. The molecule has 0 bridgehead atoms. The van der Waals surface area contributed by atoms with Gasteiger partial charge in [-0.25, -0.2) is 4.79 Å². The Morgan fingerprint density at radius 1 is 1.47 bits per heavy atom. The van der Waals surface area contributed by atoms with Crippen LogP contribution in [0.2, 0.25) is 0 Å².